The van der Waals surface area contributed by atoms with Crippen molar-refractivity contribution < 1.29 is 4.79 Å². The number of amides is 1. The van der Waals surface area contributed by atoms with Gasteiger partial charge in [0.15, 0.2) is 0 Å². The Balaban J connectivity index is 1.57. The fourth-order valence-electron chi connectivity index (χ4n) is 2.38. The van der Waals surface area contributed by atoms with Gasteiger partial charge in [0.05, 0.1) is 22.5 Å². The molecule has 1 aromatic heterocycles. The summed E-state index contributed by atoms with van der Waals surface area (Å²) in [5, 5.41) is 16.3. The average Bonchev–Trinajstić information content (AvgIpc) is 3.10. The zero-order valence-corrected chi connectivity index (χ0v) is 14.1. The third-order valence-corrected chi connectivity index (χ3v) is 3.98. The first-order valence-electron chi connectivity index (χ1n) is 7.74. The first kappa shape index (κ1) is 16.7. The van der Waals surface area contributed by atoms with E-state index in [1.54, 1.807) is 29.1 Å². The Kier molecular flexibility index (Phi) is 5.12. The van der Waals surface area contributed by atoms with Crippen LogP contribution in [0, 0.1) is 11.3 Å². The molecule has 124 valence electrons. The predicted octanol–water partition coefficient (Wildman–Crippen LogP) is 3.97. The SMILES string of the molecule is N#Cc1ccc(NC(=O)CCc2cnn(-c3ccccc3)c2)cc1Cl. The number of carbonyl (C=O) groups excluding carboxylic acids is 1. The third-order valence-electron chi connectivity index (χ3n) is 3.67. The minimum Gasteiger partial charge on any atom is -0.326 e. The molecular formula is C19H15ClN4O. The minimum absolute atomic E-state index is 0.117. The maximum Gasteiger partial charge on any atom is 0.224 e. The van der Waals surface area contributed by atoms with Crippen molar-refractivity contribution in [1.82, 2.24) is 9.78 Å². The van der Waals surface area contributed by atoms with Gasteiger partial charge in [0.1, 0.15) is 6.07 Å². The molecule has 0 aliphatic rings. The highest BCUT2D eigenvalue weighted by atomic mass is 35.5. The number of rotatable bonds is 5. The maximum absolute atomic E-state index is 12.1. The number of hydrogen-bond acceptors (Lipinski definition) is 3. The van der Waals surface area contributed by atoms with E-state index in [1.165, 1.54) is 0 Å². The van der Waals surface area contributed by atoms with Gasteiger partial charge in [-0.25, -0.2) is 4.68 Å². The van der Waals surface area contributed by atoms with Gasteiger partial charge >= 0.3 is 0 Å². The quantitative estimate of drug-likeness (QED) is 0.756. The lowest BCUT2D eigenvalue weighted by Gasteiger charge is -2.05. The van der Waals surface area contributed by atoms with Gasteiger partial charge in [0.25, 0.3) is 0 Å². The fourth-order valence-corrected chi connectivity index (χ4v) is 2.60. The smallest absolute Gasteiger partial charge is 0.224 e. The Morgan fingerprint density at radius 1 is 1.24 bits per heavy atom. The van der Waals surface area contributed by atoms with Gasteiger partial charge in [-0.1, -0.05) is 29.8 Å². The van der Waals surface area contributed by atoms with Crippen LogP contribution < -0.4 is 5.32 Å². The molecule has 0 saturated heterocycles. The van der Waals surface area contributed by atoms with Crippen LogP contribution in [0.4, 0.5) is 5.69 Å². The molecule has 1 heterocycles. The van der Waals surface area contributed by atoms with Crippen LogP contribution in [-0.4, -0.2) is 15.7 Å². The second kappa shape index (κ2) is 7.65. The van der Waals surface area contributed by atoms with Gasteiger partial charge in [-0.05, 0) is 42.3 Å². The van der Waals surface area contributed by atoms with Gasteiger partial charge in [-0.2, -0.15) is 10.4 Å². The number of anilines is 1. The number of hydrogen-bond donors (Lipinski definition) is 1. The highest BCUT2D eigenvalue weighted by molar-refractivity contribution is 6.32. The summed E-state index contributed by atoms with van der Waals surface area (Å²) in [5.41, 5.74) is 2.92. The molecule has 6 heteroatoms. The summed E-state index contributed by atoms with van der Waals surface area (Å²) in [6.07, 6.45) is 4.60. The summed E-state index contributed by atoms with van der Waals surface area (Å²) >= 11 is 5.96. The number of benzene rings is 2. The van der Waals surface area contributed by atoms with Crippen molar-refractivity contribution in [2.45, 2.75) is 12.8 Å². The third kappa shape index (κ3) is 4.25. The molecule has 0 bridgehead atoms. The highest BCUT2D eigenvalue weighted by Gasteiger charge is 2.07. The van der Waals surface area contributed by atoms with E-state index in [0.29, 0.717) is 29.1 Å². The normalized spacial score (nSPS) is 10.2. The Morgan fingerprint density at radius 3 is 2.76 bits per heavy atom. The van der Waals surface area contributed by atoms with E-state index in [2.05, 4.69) is 10.4 Å². The average molecular weight is 351 g/mol. The van der Waals surface area contributed by atoms with Crippen molar-refractivity contribution >= 4 is 23.2 Å². The number of nitrogens with one attached hydrogen (secondary N) is 1. The van der Waals surface area contributed by atoms with E-state index in [4.69, 9.17) is 16.9 Å². The fraction of sp³-hybridized carbons (Fsp3) is 0.105. The summed E-state index contributed by atoms with van der Waals surface area (Å²) in [6.45, 7) is 0. The summed E-state index contributed by atoms with van der Waals surface area (Å²) in [5.74, 6) is -0.117. The monoisotopic (exact) mass is 350 g/mol. The minimum atomic E-state index is -0.117. The molecule has 0 spiro atoms. The molecule has 5 nitrogen and oxygen atoms in total. The molecule has 1 amide bonds. The number of aryl methyl sites for hydroxylation is 1. The summed E-state index contributed by atoms with van der Waals surface area (Å²) in [7, 11) is 0. The zero-order chi connectivity index (χ0) is 17.6. The van der Waals surface area contributed by atoms with E-state index in [1.807, 2.05) is 42.6 Å². The molecule has 2 aromatic carbocycles. The van der Waals surface area contributed by atoms with Crippen molar-refractivity contribution in [3.8, 4) is 11.8 Å². The molecule has 0 fully saturated rings. The van der Waals surface area contributed by atoms with Crippen LogP contribution in [0.25, 0.3) is 5.69 Å². The summed E-state index contributed by atoms with van der Waals surface area (Å²) in [4.78, 5) is 12.1. The topological polar surface area (TPSA) is 70.7 Å². The van der Waals surface area contributed by atoms with E-state index in [-0.39, 0.29) is 5.91 Å². The molecule has 0 aliphatic carbocycles. The first-order chi connectivity index (χ1) is 12.2. The van der Waals surface area contributed by atoms with E-state index < -0.39 is 0 Å². The molecule has 0 aliphatic heterocycles. The molecule has 0 atom stereocenters. The molecule has 25 heavy (non-hydrogen) atoms. The van der Waals surface area contributed by atoms with Gasteiger partial charge in [0.2, 0.25) is 5.91 Å². The van der Waals surface area contributed by atoms with Crippen LogP contribution in [-0.2, 0) is 11.2 Å². The number of para-hydroxylation sites is 1. The van der Waals surface area contributed by atoms with Crippen LogP contribution in [0.1, 0.15) is 17.5 Å². The Hall–Kier alpha value is -3.10. The summed E-state index contributed by atoms with van der Waals surface area (Å²) in [6, 6.07) is 16.6. The summed E-state index contributed by atoms with van der Waals surface area (Å²) < 4.78 is 1.79. The van der Waals surface area contributed by atoms with E-state index >= 15 is 0 Å². The largest absolute Gasteiger partial charge is 0.326 e. The van der Waals surface area contributed by atoms with Crippen LogP contribution in [0.15, 0.2) is 60.9 Å². The van der Waals surface area contributed by atoms with Crippen LogP contribution in [0.5, 0.6) is 0 Å². The van der Waals surface area contributed by atoms with Crippen molar-refractivity contribution in [3.05, 3.63) is 77.1 Å². The molecule has 0 saturated carbocycles. The van der Waals surface area contributed by atoms with Crippen LogP contribution in [0.2, 0.25) is 5.02 Å². The lowest BCUT2D eigenvalue weighted by Crippen LogP contribution is -2.12. The lowest BCUT2D eigenvalue weighted by molar-refractivity contribution is -0.116. The van der Waals surface area contributed by atoms with Gasteiger partial charge < -0.3 is 5.32 Å². The first-order valence-corrected chi connectivity index (χ1v) is 8.12. The van der Waals surface area contributed by atoms with Gasteiger partial charge in [0, 0.05) is 18.3 Å². The zero-order valence-electron chi connectivity index (χ0n) is 13.3. The molecule has 0 radical (unpaired) electrons. The number of nitrogens with zero attached hydrogens (tertiary/aromatic N) is 3. The molecule has 3 aromatic rings. The Morgan fingerprint density at radius 2 is 2.04 bits per heavy atom. The highest BCUT2D eigenvalue weighted by Crippen LogP contribution is 2.20. The number of nitriles is 1. The number of carbonyl (C=O) groups is 1. The second-order valence-corrected chi connectivity index (χ2v) is 5.89. The molecular weight excluding hydrogens is 336 g/mol. The predicted molar refractivity (Wildman–Crippen MR) is 96.7 cm³/mol. The van der Waals surface area contributed by atoms with Gasteiger partial charge in [-0.3, -0.25) is 4.79 Å². The standard InChI is InChI=1S/C19H15ClN4O/c20-18-10-16(8-7-15(18)11-21)23-19(25)9-6-14-12-22-24(13-14)17-4-2-1-3-5-17/h1-5,7-8,10,12-13H,6,9H2,(H,23,25). The van der Waals surface area contributed by atoms with Crippen molar-refractivity contribution in [2.24, 2.45) is 0 Å². The van der Waals surface area contributed by atoms with E-state index in [0.717, 1.165) is 11.3 Å². The Labute approximate surface area is 150 Å². The van der Waals surface area contributed by atoms with Crippen LogP contribution in [0.3, 0.4) is 0 Å². The van der Waals surface area contributed by atoms with Crippen molar-refractivity contribution in [1.29, 1.82) is 5.26 Å². The second-order valence-electron chi connectivity index (χ2n) is 5.48. The van der Waals surface area contributed by atoms with Crippen LogP contribution >= 0.6 is 11.6 Å². The van der Waals surface area contributed by atoms with Crippen molar-refractivity contribution in [3.63, 3.8) is 0 Å². The van der Waals surface area contributed by atoms with Crippen molar-refractivity contribution in [2.75, 3.05) is 5.32 Å². The lowest BCUT2D eigenvalue weighted by atomic mass is 10.2. The molecule has 0 unspecified atom stereocenters. The maximum atomic E-state index is 12.1. The Bertz CT molecular complexity index is 928. The van der Waals surface area contributed by atoms with Gasteiger partial charge in [-0.15, -0.1) is 0 Å². The molecule has 1 N–H and O–H groups in total. The molecule has 3 rings (SSSR count). The number of halogens is 1. The van der Waals surface area contributed by atoms with E-state index in [9.17, 15) is 4.79 Å². The number of aromatic nitrogens is 2.